The molecule has 1 aromatic carbocycles. The average molecular weight is 352 g/mol. The van der Waals surface area contributed by atoms with Crippen LogP contribution in [0.4, 0.5) is 0 Å². The van der Waals surface area contributed by atoms with Crippen LogP contribution in [0.1, 0.15) is 43.7 Å². The number of furan rings is 1. The van der Waals surface area contributed by atoms with Gasteiger partial charge in [0.2, 0.25) is 11.6 Å². The Labute approximate surface area is 153 Å². The summed E-state index contributed by atoms with van der Waals surface area (Å²) in [5.41, 5.74) is 3.02. The molecule has 0 radical (unpaired) electrons. The zero-order valence-electron chi connectivity index (χ0n) is 15.4. The van der Waals surface area contributed by atoms with E-state index in [4.69, 9.17) is 9.15 Å². The molecule has 2 aromatic heterocycles. The number of carbonyl (C=O) groups excluding carboxylic acids is 1. The van der Waals surface area contributed by atoms with Gasteiger partial charge in [-0.1, -0.05) is 12.1 Å². The molecule has 1 atom stereocenters. The van der Waals surface area contributed by atoms with Gasteiger partial charge >= 0.3 is 0 Å². The van der Waals surface area contributed by atoms with Crippen molar-refractivity contribution in [3.63, 3.8) is 0 Å². The third-order valence-electron chi connectivity index (χ3n) is 4.23. The van der Waals surface area contributed by atoms with Gasteiger partial charge in [0.25, 0.3) is 0 Å². The van der Waals surface area contributed by atoms with Gasteiger partial charge in [-0.2, -0.15) is 0 Å². The Morgan fingerprint density at radius 1 is 1.19 bits per heavy atom. The Bertz CT molecular complexity index is 884. The molecule has 0 aliphatic heterocycles. The molecule has 0 bridgehead atoms. The SMILES string of the molecule is CCOc1ccc(CCc2cnc3oc([C@H](C)NC(C)=O)cc3c2)cc1. The standard InChI is InChI=1S/C21H24N2O3/c1-4-25-19-9-7-16(8-10-19)5-6-17-11-18-12-20(14(2)23-15(3)24)26-21(18)22-13-17/h7-14H,4-6H2,1-3H3,(H,23,24)/t14-/m0/s1. The van der Waals surface area contributed by atoms with Gasteiger partial charge in [-0.25, -0.2) is 4.98 Å². The van der Waals surface area contributed by atoms with Crippen LogP contribution in [0, 0.1) is 0 Å². The number of aromatic nitrogens is 1. The van der Waals surface area contributed by atoms with E-state index in [1.807, 2.05) is 38.2 Å². The number of hydrogen-bond donors (Lipinski definition) is 1. The predicted molar refractivity (Wildman–Crippen MR) is 101 cm³/mol. The molecule has 0 spiro atoms. The van der Waals surface area contributed by atoms with Gasteiger partial charge in [-0.15, -0.1) is 0 Å². The Morgan fingerprint density at radius 2 is 1.92 bits per heavy atom. The first-order chi connectivity index (χ1) is 12.5. The fourth-order valence-electron chi connectivity index (χ4n) is 2.93. The van der Waals surface area contributed by atoms with Gasteiger partial charge in [0, 0.05) is 18.5 Å². The number of aryl methyl sites for hydroxylation is 2. The first kappa shape index (κ1) is 18.0. The van der Waals surface area contributed by atoms with E-state index in [9.17, 15) is 4.79 Å². The van der Waals surface area contributed by atoms with E-state index in [1.54, 1.807) is 0 Å². The molecule has 26 heavy (non-hydrogen) atoms. The van der Waals surface area contributed by atoms with Gasteiger partial charge in [0.05, 0.1) is 12.6 Å². The Hall–Kier alpha value is -2.82. The molecule has 0 fully saturated rings. The lowest BCUT2D eigenvalue weighted by Crippen LogP contribution is -2.23. The van der Waals surface area contributed by atoms with Crippen LogP contribution in [0.25, 0.3) is 11.1 Å². The zero-order chi connectivity index (χ0) is 18.5. The number of ether oxygens (including phenoxy) is 1. The first-order valence-corrected chi connectivity index (χ1v) is 8.92. The summed E-state index contributed by atoms with van der Waals surface area (Å²) in [7, 11) is 0. The molecule has 0 unspecified atom stereocenters. The van der Waals surface area contributed by atoms with Gasteiger partial charge < -0.3 is 14.5 Å². The minimum Gasteiger partial charge on any atom is -0.494 e. The molecule has 2 heterocycles. The monoisotopic (exact) mass is 352 g/mol. The highest BCUT2D eigenvalue weighted by atomic mass is 16.5. The third kappa shape index (κ3) is 4.42. The smallest absolute Gasteiger partial charge is 0.226 e. The molecule has 5 nitrogen and oxygen atoms in total. The van der Waals surface area contributed by atoms with E-state index in [1.165, 1.54) is 12.5 Å². The maximum atomic E-state index is 11.2. The molecule has 3 aromatic rings. The summed E-state index contributed by atoms with van der Waals surface area (Å²) in [5, 5.41) is 3.78. The van der Waals surface area contributed by atoms with E-state index in [2.05, 4.69) is 28.5 Å². The predicted octanol–water partition coefficient (Wildman–Crippen LogP) is 4.21. The van der Waals surface area contributed by atoms with Crippen LogP contribution in [0.15, 0.2) is 47.0 Å². The summed E-state index contributed by atoms with van der Waals surface area (Å²) < 4.78 is 11.2. The second-order valence-corrected chi connectivity index (χ2v) is 6.39. The number of carbonyl (C=O) groups is 1. The average Bonchev–Trinajstić information content (AvgIpc) is 3.04. The number of benzene rings is 1. The Kier molecular flexibility index (Phi) is 5.56. The van der Waals surface area contributed by atoms with E-state index < -0.39 is 0 Å². The number of rotatable bonds is 7. The second kappa shape index (κ2) is 8.04. The van der Waals surface area contributed by atoms with Crippen LogP contribution in [-0.4, -0.2) is 17.5 Å². The van der Waals surface area contributed by atoms with Crippen molar-refractivity contribution in [3.8, 4) is 5.75 Å². The number of hydrogen-bond acceptors (Lipinski definition) is 4. The molecule has 3 rings (SSSR count). The molecule has 136 valence electrons. The van der Waals surface area contributed by atoms with E-state index in [-0.39, 0.29) is 11.9 Å². The van der Waals surface area contributed by atoms with Gasteiger partial charge in [-0.05, 0) is 62.1 Å². The van der Waals surface area contributed by atoms with Gasteiger partial charge in [0.15, 0.2) is 0 Å². The first-order valence-electron chi connectivity index (χ1n) is 8.92. The largest absolute Gasteiger partial charge is 0.494 e. The lowest BCUT2D eigenvalue weighted by atomic mass is 10.0. The quantitative estimate of drug-likeness (QED) is 0.692. The molecule has 1 N–H and O–H groups in total. The minimum atomic E-state index is -0.172. The van der Waals surface area contributed by atoms with E-state index >= 15 is 0 Å². The summed E-state index contributed by atoms with van der Waals surface area (Å²) in [6.45, 7) is 6.05. The summed E-state index contributed by atoms with van der Waals surface area (Å²) >= 11 is 0. The van der Waals surface area contributed by atoms with Crippen LogP contribution in [0.3, 0.4) is 0 Å². The van der Waals surface area contributed by atoms with Crippen molar-refractivity contribution in [3.05, 3.63) is 59.5 Å². The van der Waals surface area contributed by atoms with Crippen molar-refractivity contribution in [1.29, 1.82) is 0 Å². The van der Waals surface area contributed by atoms with Crippen molar-refractivity contribution in [1.82, 2.24) is 10.3 Å². The van der Waals surface area contributed by atoms with Gasteiger partial charge in [0.1, 0.15) is 11.5 Å². The molecular weight excluding hydrogens is 328 g/mol. The number of nitrogens with zero attached hydrogens (tertiary/aromatic N) is 1. The number of amides is 1. The summed E-state index contributed by atoms with van der Waals surface area (Å²) in [5.74, 6) is 1.53. The molecule has 1 amide bonds. The van der Waals surface area contributed by atoms with Gasteiger partial charge in [-0.3, -0.25) is 4.79 Å². The normalized spacial score (nSPS) is 12.1. The van der Waals surface area contributed by atoms with Crippen molar-refractivity contribution in [2.75, 3.05) is 6.61 Å². The van der Waals surface area contributed by atoms with Crippen molar-refractivity contribution in [2.45, 2.75) is 39.7 Å². The Balaban J connectivity index is 1.67. The topological polar surface area (TPSA) is 64.4 Å². The highest BCUT2D eigenvalue weighted by Crippen LogP contribution is 2.24. The summed E-state index contributed by atoms with van der Waals surface area (Å²) in [6, 6.07) is 12.1. The maximum Gasteiger partial charge on any atom is 0.226 e. The highest BCUT2D eigenvalue weighted by molar-refractivity contribution is 5.76. The summed E-state index contributed by atoms with van der Waals surface area (Å²) in [4.78, 5) is 15.6. The number of nitrogens with one attached hydrogen (secondary N) is 1. The van der Waals surface area contributed by atoms with Crippen molar-refractivity contribution >= 4 is 17.0 Å². The van der Waals surface area contributed by atoms with Crippen molar-refractivity contribution < 1.29 is 13.9 Å². The summed E-state index contributed by atoms with van der Waals surface area (Å²) in [6.07, 6.45) is 3.69. The fraction of sp³-hybridized carbons (Fsp3) is 0.333. The Morgan fingerprint density at radius 3 is 2.62 bits per heavy atom. The van der Waals surface area contributed by atoms with Crippen LogP contribution >= 0.6 is 0 Å². The molecule has 0 saturated carbocycles. The van der Waals surface area contributed by atoms with Crippen LogP contribution in [-0.2, 0) is 17.6 Å². The number of pyridine rings is 1. The van der Waals surface area contributed by atoms with E-state index in [0.29, 0.717) is 18.1 Å². The molecule has 5 heteroatoms. The molecule has 0 aliphatic rings. The maximum absolute atomic E-state index is 11.2. The highest BCUT2D eigenvalue weighted by Gasteiger charge is 2.13. The zero-order valence-corrected chi connectivity index (χ0v) is 15.4. The van der Waals surface area contributed by atoms with Crippen LogP contribution in [0.5, 0.6) is 5.75 Å². The number of fused-ring (bicyclic) bond motifs is 1. The van der Waals surface area contributed by atoms with Crippen LogP contribution < -0.4 is 10.1 Å². The van der Waals surface area contributed by atoms with E-state index in [0.717, 1.165) is 29.5 Å². The van der Waals surface area contributed by atoms with Crippen LogP contribution in [0.2, 0.25) is 0 Å². The molecular formula is C21H24N2O3. The lowest BCUT2D eigenvalue weighted by molar-refractivity contribution is -0.119. The second-order valence-electron chi connectivity index (χ2n) is 6.39. The third-order valence-corrected chi connectivity index (χ3v) is 4.23. The minimum absolute atomic E-state index is 0.0815. The van der Waals surface area contributed by atoms with Crippen molar-refractivity contribution in [2.24, 2.45) is 0 Å². The molecule has 0 aliphatic carbocycles. The fourth-order valence-corrected chi connectivity index (χ4v) is 2.93. The molecule has 0 saturated heterocycles. The lowest BCUT2D eigenvalue weighted by Gasteiger charge is -2.07.